The van der Waals surface area contributed by atoms with Crippen LogP contribution in [0.3, 0.4) is 0 Å². The Morgan fingerprint density at radius 2 is 1.96 bits per heavy atom. The van der Waals surface area contributed by atoms with E-state index in [0.29, 0.717) is 20.5 Å². The largest absolute Gasteiger partial charge is 0.496 e. The van der Waals surface area contributed by atoms with Crippen LogP contribution >= 0.6 is 11.3 Å². The van der Waals surface area contributed by atoms with Gasteiger partial charge in [-0.05, 0) is 24.3 Å². The number of nitrogens with one attached hydrogen (secondary N) is 1. The number of hydrogen-bond acceptors (Lipinski definition) is 5. The third kappa shape index (κ3) is 3.49. The Morgan fingerprint density at radius 1 is 1.21 bits per heavy atom. The molecule has 0 unspecified atom stereocenters. The Kier molecular flexibility index (Phi) is 4.67. The number of thiazole rings is 1. The van der Waals surface area contributed by atoms with Crippen LogP contribution in [0.2, 0.25) is 0 Å². The minimum absolute atomic E-state index is 0.182. The second kappa shape index (κ2) is 7.06. The SMILES string of the molecule is COc1ccccc1/C=c1\s/c(=C\C(=O)c2ccncc2)[nH]c1=O. The molecule has 3 rings (SSSR count). The van der Waals surface area contributed by atoms with Gasteiger partial charge >= 0.3 is 0 Å². The molecule has 0 aliphatic rings. The number of aromatic nitrogens is 2. The first-order chi connectivity index (χ1) is 11.7. The van der Waals surface area contributed by atoms with Crippen LogP contribution in [0.15, 0.2) is 53.6 Å². The Balaban J connectivity index is 2.02. The first-order valence-electron chi connectivity index (χ1n) is 7.17. The van der Waals surface area contributed by atoms with Gasteiger partial charge in [0.05, 0.1) is 16.3 Å². The highest BCUT2D eigenvalue weighted by Gasteiger charge is 2.03. The van der Waals surface area contributed by atoms with Crippen molar-refractivity contribution in [3.63, 3.8) is 0 Å². The Hall–Kier alpha value is -2.99. The summed E-state index contributed by atoms with van der Waals surface area (Å²) in [6.07, 6.45) is 6.27. The van der Waals surface area contributed by atoms with E-state index in [1.54, 1.807) is 37.7 Å². The number of ketones is 1. The van der Waals surface area contributed by atoms with E-state index in [1.807, 2.05) is 24.3 Å². The molecule has 0 radical (unpaired) electrons. The topological polar surface area (TPSA) is 72.0 Å². The molecule has 0 aliphatic heterocycles. The number of ether oxygens (including phenoxy) is 1. The number of pyridine rings is 1. The summed E-state index contributed by atoms with van der Waals surface area (Å²) >= 11 is 1.23. The molecule has 24 heavy (non-hydrogen) atoms. The summed E-state index contributed by atoms with van der Waals surface area (Å²) in [5.74, 6) is 0.502. The van der Waals surface area contributed by atoms with E-state index in [9.17, 15) is 9.59 Å². The third-order valence-electron chi connectivity index (χ3n) is 3.33. The Bertz CT molecular complexity index is 1040. The Labute approximate surface area is 141 Å². The standard InChI is InChI=1S/C18H14N2O3S/c1-23-15-5-3-2-4-13(15)10-16-18(22)20-17(24-16)11-14(21)12-6-8-19-9-7-12/h2-11H,1H3,(H,20,22)/b16-10-,17-11-. The van der Waals surface area contributed by atoms with Crippen LogP contribution in [0.4, 0.5) is 0 Å². The predicted octanol–water partition coefficient (Wildman–Crippen LogP) is 1.33. The normalized spacial score (nSPS) is 12.4. The molecule has 3 aromatic rings. The first kappa shape index (κ1) is 15.9. The molecule has 0 spiro atoms. The fraction of sp³-hybridized carbons (Fsp3) is 0.0556. The maximum atomic E-state index is 12.2. The van der Waals surface area contributed by atoms with Crippen molar-refractivity contribution in [1.29, 1.82) is 0 Å². The molecule has 1 aromatic carbocycles. The van der Waals surface area contributed by atoms with Gasteiger partial charge in [0.1, 0.15) is 5.75 Å². The molecular weight excluding hydrogens is 324 g/mol. The van der Waals surface area contributed by atoms with E-state index in [0.717, 1.165) is 5.56 Å². The number of H-pyrrole nitrogens is 1. The van der Waals surface area contributed by atoms with E-state index < -0.39 is 0 Å². The smallest absolute Gasteiger partial charge is 0.266 e. The zero-order valence-corrected chi connectivity index (χ0v) is 13.7. The van der Waals surface area contributed by atoms with Crippen molar-refractivity contribution in [1.82, 2.24) is 9.97 Å². The highest BCUT2D eigenvalue weighted by molar-refractivity contribution is 7.07. The number of carbonyl (C=O) groups excluding carboxylic acids is 1. The second-order valence-corrected chi connectivity index (χ2v) is 6.00. The van der Waals surface area contributed by atoms with Crippen LogP contribution in [0.5, 0.6) is 5.75 Å². The number of hydrogen-bond donors (Lipinski definition) is 1. The second-order valence-electron chi connectivity index (χ2n) is 4.92. The lowest BCUT2D eigenvalue weighted by Gasteiger charge is -2.02. The van der Waals surface area contributed by atoms with E-state index in [2.05, 4.69) is 9.97 Å². The maximum Gasteiger partial charge on any atom is 0.266 e. The van der Waals surface area contributed by atoms with E-state index >= 15 is 0 Å². The highest BCUT2D eigenvalue weighted by Crippen LogP contribution is 2.17. The van der Waals surface area contributed by atoms with Crippen LogP contribution in [0, 0.1) is 0 Å². The zero-order valence-electron chi connectivity index (χ0n) is 12.9. The summed E-state index contributed by atoms with van der Waals surface area (Å²) in [5, 5.41) is 0. The van der Waals surface area contributed by atoms with Gasteiger partial charge in [-0.1, -0.05) is 18.2 Å². The van der Waals surface area contributed by atoms with Gasteiger partial charge in [0.15, 0.2) is 5.78 Å². The van der Waals surface area contributed by atoms with Crippen molar-refractivity contribution in [2.24, 2.45) is 0 Å². The van der Waals surface area contributed by atoms with Crippen LogP contribution in [0.1, 0.15) is 15.9 Å². The third-order valence-corrected chi connectivity index (χ3v) is 4.30. The summed E-state index contributed by atoms with van der Waals surface area (Å²) in [6.45, 7) is 0. The molecule has 0 saturated heterocycles. The molecule has 1 N–H and O–H groups in total. The van der Waals surface area contributed by atoms with Crippen LogP contribution in [-0.4, -0.2) is 22.9 Å². The molecule has 0 bridgehead atoms. The lowest BCUT2D eigenvalue weighted by Crippen LogP contribution is -2.20. The number of rotatable bonds is 4. The molecule has 0 amide bonds. The predicted molar refractivity (Wildman–Crippen MR) is 93.8 cm³/mol. The van der Waals surface area contributed by atoms with Crippen molar-refractivity contribution in [3.05, 3.63) is 79.5 Å². The quantitative estimate of drug-likeness (QED) is 0.729. The van der Waals surface area contributed by atoms with Crippen LogP contribution in [0.25, 0.3) is 12.2 Å². The number of nitrogens with zero attached hydrogens (tertiary/aromatic N) is 1. The van der Waals surface area contributed by atoms with Crippen molar-refractivity contribution < 1.29 is 9.53 Å². The molecule has 0 fully saturated rings. The lowest BCUT2D eigenvalue weighted by atomic mass is 10.2. The van der Waals surface area contributed by atoms with Gasteiger partial charge < -0.3 is 9.72 Å². The van der Waals surface area contributed by atoms with Crippen molar-refractivity contribution in [3.8, 4) is 5.75 Å². The summed E-state index contributed by atoms with van der Waals surface area (Å²) in [7, 11) is 1.58. The summed E-state index contributed by atoms with van der Waals surface area (Å²) < 4.78 is 6.29. The van der Waals surface area contributed by atoms with Crippen molar-refractivity contribution in [2.45, 2.75) is 0 Å². The monoisotopic (exact) mass is 338 g/mol. The molecule has 120 valence electrons. The van der Waals surface area contributed by atoms with Crippen molar-refractivity contribution in [2.75, 3.05) is 7.11 Å². The van der Waals surface area contributed by atoms with Gasteiger partial charge in [0, 0.05) is 29.6 Å². The summed E-state index contributed by atoms with van der Waals surface area (Å²) in [6, 6.07) is 10.7. The van der Waals surface area contributed by atoms with E-state index in [-0.39, 0.29) is 11.3 Å². The zero-order chi connectivity index (χ0) is 16.9. The van der Waals surface area contributed by atoms with Gasteiger partial charge in [-0.15, -0.1) is 11.3 Å². The molecule has 6 heteroatoms. The summed E-state index contributed by atoms with van der Waals surface area (Å²) in [4.78, 5) is 30.8. The van der Waals surface area contributed by atoms with Gasteiger partial charge in [0.2, 0.25) is 0 Å². The number of carbonyl (C=O) groups is 1. The number of methoxy groups -OCH3 is 1. The fourth-order valence-corrected chi connectivity index (χ4v) is 3.05. The van der Waals surface area contributed by atoms with E-state index in [4.69, 9.17) is 4.74 Å². The molecule has 0 atom stereocenters. The van der Waals surface area contributed by atoms with Gasteiger partial charge in [-0.25, -0.2) is 0 Å². The number of benzene rings is 1. The molecule has 2 heterocycles. The molecule has 2 aromatic heterocycles. The van der Waals surface area contributed by atoms with Gasteiger partial charge in [-0.3, -0.25) is 14.6 Å². The molecular formula is C18H14N2O3S. The van der Waals surface area contributed by atoms with Gasteiger partial charge in [-0.2, -0.15) is 0 Å². The molecule has 0 saturated carbocycles. The minimum atomic E-state index is -0.236. The molecule has 0 aliphatic carbocycles. The maximum absolute atomic E-state index is 12.2. The number of aromatic amines is 1. The average molecular weight is 338 g/mol. The average Bonchev–Trinajstić information content (AvgIpc) is 2.95. The first-order valence-corrected chi connectivity index (χ1v) is 7.99. The highest BCUT2D eigenvalue weighted by atomic mass is 32.1. The number of Topliss-reactive ketones (excluding diaryl/α,β-unsaturated/α-hetero) is 1. The fourth-order valence-electron chi connectivity index (χ4n) is 2.17. The van der Waals surface area contributed by atoms with E-state index in [1.165, 1.54) is 17.4 Å². The minimum Gasteiger partial charge on any atom is -0.496 e. The number of para-hydroxylation sites is 1. The van der Waals surface area contributed by atoms with Crippen LogP contribution in [-0.2, 0) is 0 Å². The lowest BCUT2D eigenvalue weighted by molar-refractivity contribution is 0.106. The van der Waals surface area contributed by atoms with Crippen LogP contribution < -0.4 is 19.5 Å². The van der Waals surface area contributed by atoms with Gasteiger partial charge in [0.25, 0.3) is 5.56 Å². The molecule has 5 nitrogen and oxygen atoms in total. The summed E-state index contributed by atoms with van der Waals surface area (Å²) in [5.41, 5.74) is 1.09. The Morgan fingerprint density at radius 3 is 2.71 bits per heavy atom. The van der Waals surface area contributed by atoms with Crippen molar-refractivity contribution >= 4 is 29.3 Å².